The predicted octanol–water partition coefficient (Wildman–Crippen LogP) is 5.67. The van der Waals surface area contributed by atoms with Crippen molar-refractivity contribution in [3.05, 3.63) is 89.5 Å². The smallest absolute Gasteiger partial charge is 0.322 e. The summed E-state index contributed by atoms with van der Waals surface area (Å²) in [5.41, 5.74) is 3.75. The number of hydrogen-bond acceptors (Lipinski definition) is 1. The Morgan fingerprint density at radius 3 is 2.62 bits per heavy atom. The molecule has 0 fully saturated rings. The normalized spacial score (nSPS) is 10.9. The number of carbonyl (C=O) groups excluding carboxylic acids is 1. The Hall–Kier alpha value is -3.08. The average Bonchev–Trinajstić information content (AvgIpc) is 3.09. The highest BCUT2D eigenvalue weighted by atomic mass is 19.1. The maximum absolute atomic E-state index is 13.5. The quantitative estimate of drug-likeness (QED) is 0.551. The first-order valence-electron chi connectivity index (χ1n) is 9.92. The van der Waals surface area contributed by atoms with Gasteiger partial charge in [0.15, 0.2) is 0 Å². The number of halogens is 1. The van der Waals surface area contributed by atoms with E-state index in [-0.39, 0.29) is 11.8 Å². The molecule has 0 aliphatic heterocycles. The minimum atomic E-state index is -0.241. The van der Waals surface area contributed by atoms with Gasteiger partial charge >= 0.3 is 6.03 Å². The van der Waals surface area contributed by atoms with Gasteiger partial charge in [0.1, 0.15) is 5.82 Å². The molecule has 0 aliphatic carbocycles. The van der Waals surface area contributed by atoms with Crippen LogP contribution >= 0.6 is 0 Å². The molecule has 0 spiro atoms. The molecule has 1 heterocycles. The first-order valence-corrected chi connectivity index (χ1v) is 9.92. The standard InChI is InChI=1S/C24H28FN3O/c1-18(2)15-28(24(29)26-23-12-5-4-8-19(23)3)17-22-11-7-13-27(22)16-20-9-6-10-21(25)14-20/h4-14,18H,15-17H2,1-3H3,(H,26,29). The molecule has 0 aliphatic rings. The van der Waals surface area contributed by atoms with Gasteiger partial charge in [0.2, 0.25) is 0 Å². The zero-order chi connectivity index (χ0) is 20.8. The second-order valence-electron chi connectivity index (χ2n) is 7.78. The second kappa shape index (κ2) is 9.41. The van der Waals surface area contributed by atoms with Crippen LogP contribution in [0.4, 0.5) is 14.9 Å². The Balaban J connectivity index is 1.76. The Morgan fingerprint density at radius 2 is 1.90 bits per heavy atom. The summed E-state index contributed by atoms with van der Waals surface area (Å²) in [6, 6.07) is 18.2. The van der Waals surface area contributed by atoms with Crippen LogP contribution in [0.3, 0.4) is 0 Å². The van der Waals surface area contributed by atoms with Crippen LogP contribution in [-0.4, -0.2) is 22.0 Å². The monoisotopic (exact) mass is 393 g/mol. The summed E-state index contributed by atoms with van der Waals surface area (Å²) >= 11 is 0. The molecule has 1 N–H and O–H groups in total. The number of nitrogens with zero attached hydrogens (tertiary/aromatic N) is 2. The molecule has 3 aromatic rings. The summed E-state index contributed by atoms with van der Waals surface area (Å²) in [4.78, 5) is 14.8. The Morgan fingerprint density at radius 1 is 1.10 bits per heavy atom. The number of hydrogen-bond donors (Lipinski definition) is 1. The fourth-order valence-corrected chi connectivity index (χ4v) is 3.34. The van der Waals surface area contributed by atoms with E-state index in [4.69, 9.17) is 0 Å². The van der Waals surface area contributed by atoms with Crippen molar-refractivity contribution in [3.8, 4) is 0 Å². The summed E-state index contributed by atoms with van der Waals surface area (Å²) in [6.45, 7) is 7.86. The van der Waals surface area contributed by atoms with E-state index in [1.165, 1.54) is 6.07 Å². The van der Waals surface area contributed by atoms with Crippen LogP contribution in [0.15, 0.2) is 66.9 Å². The minimum absolute atomic E-state index is 0.119. The van der Waals surface area contributed by atoms with E-state index in [0.717, 1.165) is 22.5 Å². The predicted molar refractivity (Wildman–Crippen MR) is 115 cm³/mol. The molecule has 29 heavy (non-hydrogen) atoms. The number of benzene rings is 2. The molecule has 0 atom stereocenters. The number of carbonyl (C=O) groups is 1. The van der Waals surface area contributed by atoms with E-state index < -0.39 is 0 Å². The lowest BCUT2D eigenvalue weighted by molar-refractivity contribution is 0.200. The number of aryl methyl sites for hydroxylation is 1. The molecule has 0 bridgehead atoms. The van der Waals surface area contributed by atoms with Gasteiger partial charge in [-0.1, -0.05) is 44.2 Å². The van der Waals surface area contributed by atoms with E-state index in [2.05, 4.69) is 23.7 Å². The third kappa shape index (κ3) is 5.70. The summed E-state index contributed by atoms with van der Waals surface area (Å²) < 4.78 is 15.6. The Bertz CT molecular complexity index is 964. The maximum atomic E-state index is 13.5. The van der Waals surface area contributed by atoms with Crippen LogP contribution in [-0.2, 0) is 13.1 Å². The number of rotatable bonds is 7. The first-order chi connectivity index (χ1) is 13.9. The van der Waals surface area contributed by atoms with Crippen molar-refractivity contribution in [1.29, 1.82) is 0 Å². The lowest BCUT2D eigenvalue weighted by atomic mass is 10.2. The fourth-order valence-electron chi connectivity index (χ4n) is 3.34. The second-order valence-corrected chi connectivity index (χ2v) is 7.78. The number of urea groups is 1. The molecule has 1 aromatic heterocycles. The van der Waals surface area contributed by atoms with E-state index >= 15 is 0 Å². The molecule has 0 radical (unpaired) electrons. The molecule has 0 saturated heterocycles. The third-order valence-electron chi connectivity index (χ3n) is 4.78. The molecular weight excluding hydrogens is 365 g/mol. The van der Waals surface area contributed by atoms with E-state index in [0.29, 0.717) is 25.6 Å². The summed E-state index contributed by atoms with van der Waals surface area (Å²) in [7, 11) is 0. The number of nitrogens with one attached hydrogen (secondary N) is 1. The van der Waals surface area contributed by atoms with Crippen LogP contribution in [0.1, 0.15) is 30.7 Å². The zero-order valence-electron chi connectivity index (χ0n) is 17.2. The van der Waals surface area contributed by atoms with Gasteiger partial charge in [0.05, 0.1) is 6.54 Å². The highest BCUT2D eigenvalue weighted by molar-refractivity contribution is 5.90. The number of para-hydroxylation sites is 1. The minimum Gasteiger partial charge on any atom is -0.345 e. The lowest BCUT2D eigenvalue weighted by Gasteiger charge is -2.26. The van der Waals surface area contributed by atoms with Crippen molar-refractivity contribution in [3.63, 3.8) is 0 Å². The highest BCUT2D eigenvalue weighted by Gasteiger charge is 2.18. The van der Waals surface area contributed by atoms with Crippen LogP contribution in [0.2, 0.25) is 0 Å². The molecule has 0 unspecified atom stereocenters. The van der Waals surface area contributed by atoms with Crippen molar-refractivity contribution in [2.24, 2.45) is 5.92 Å². The van der Waals surface area contributed by atoms with Crippen molar-refractivity contribution in [2.75, 3.05) is 11.9 Å². The van der Waals surface area contributed by atoms with Crippen LogP contribution in [0.5, 0.6) is 0 Å². The Labute approximate surface area is 172 Å². The van der Waals surface area contributed by atoms with Crippen LogP contribution in [0, 0.1) is 18.7 Å². The topological polar surface area (TPSA) is 37.3 Å². The highest BCUT2D eigenvalue weighted by Crippen LogP contribution is 2.17. The van der Waals surface area contributed by atoms with E-state index in [1.807, 2.05) is 60.5 Å². The molecule has 2 amide bonds. The number of aromatic nitrogens is 1. The SMILES string of the molecule is Cc1ccccc1NC(=O)N(Cc1cccn1Cc1cccc(F)c1)CC(C)C. The maximum Gasteiger partial charge on any atom is 0.322 e. The zero-order valence-corrected chi connectivity index (χ0v) is 17.2. The largest absolute Gasteiger partial charge is 0.345 e. The van der Waals surface area contributed by atoms with Gasteiger partial charge in [-0.3, -0.25) is 0 Å². The molecule has 5 heteroatoms. The van der Waals surface area contributed by atoms with Gasteiger partial charge in [0.25, 0.3) is 0 Å². The molecule has 152 valence electrons. The average molecular weight is 394 g/mol. The molecule has 0 saturated carbocycles. The number of amides is 2. The Kier molecular flexibility index (Phi) is 6.70. The third-order valence-corrected chi connectivity index (χ3v) is 4.78. The van der Waals surface area contributed by atoms with Gasteiger partial charge in [-0.25, -0.2) is 9.18 Å². The van der Waals surface area contributed by atoms with Gasteiger partial charge in [-0.15, -0.1) is 0 Å². The number of anilines is 1. The summed E-state index contributed by atoms with van der Waals surface area (Å²) in [6.07, 6.45) is 1.97. The van der Waals surface area contributed by atoms with Gasteiger partial charge in [-0.2, -0.15) is 0 Å². The van der Waals surface area contributed by atoms with Crippen molar-refractivity contribution >= 4 is 11.7 Å². The van der Waals surface area contributed by atoms with Crippen molar-refractivity contribution in [1.82, 2.24) is 9.47 Å². The van der Waals surface area contributed by atoms with Crippen LogP contribution < -0.4 is 5.32 Å². The van der Waals surface area contributed by atoms with E-state index in [1.54, 1.807) is 12.1 Å². The van der Waals surface area contributed by atoms with Gasteiger partial charge in [0, 0.05) is 30.7 Å². The van der Waals surface area contributed by atoms with Gasteiger partial charge < -0.3 is 14.8 Å². The van der Waals surface area contributed by atoms with Gasteiger partial charge in [-0.05, 0) is 54.3 Å². The lowest BCUT2D eigenvalue weighted by Crippen LogP contribution is -2.37. The van der Waals surface area contributed by atoms with Crippen LogP contribution in [0.25, 0.3) is 0 Å². The summed E-state index contributed by atoms with van der Waals surface area (Å²) in [5.74, 6) is 0.0968. The first kappa shape index (κ1) is 20.6. The summed E-state index contributed by atoms with van der Waals surface area (Å²) in [5, 5.41) is 3.03. The fraction of sp³-hybridized carbons (Fsp3) is 0.292. The molecular formula is C24H28FN3O. The molecule has 2 aromatic carbocycles. The van der Waals surface area contributed by atoms with Crippen molar-refractivity contribution < 1.29 is 9.18 Å². The molecule has 3 rings (SSSR count). The molecule has 4 nitrogen and oxygen atoms in total. The van der Waals surface area contributed by atoms with Crippen molar-refractivity contribution in [2.45, 2.75) is 33.9 Å². The van der Waals surface area contributed by atoms with E-state index in [9.17, 15) is 9.18 Å².